The van der Waals surface area contributed by atoms with Gasteiger partial charge in [-0.1, -0.05) is 6.07 Å². The van der Waals surface area contributed by atoms with E-state index in [1.807, 2.05) is 0 Å². The monoisotopic (exact) mass is 239 g/mol. The molecule has 8 heteroatoms. The highest BCUT2D eigenvalue weighted by atomic mass is 16.6. The van der Waals surface area contributed by atoms with Crippen molar-refractivity contribution in [3.8, 4) is 0 Å². The molecule has 0 aliphatic rings. The predicted octanol–water partition coefficient (Wildman–Crippen LogP) is -0.549. The van der Waals surface area contributed by atoms with E-state index in [0.717, 1.165) is 12.1 Å². The van der Waals surface area contributed by atoms with Gasteiger partial charge in [0.25, 0.3) is 5.69 Å². The Morgan fingerprint density at radius 3 is 2.65 bits per heavy atom. The van der Waals surface area contributed by atoms with Crippen LogP contribution in [-0.4, -0.2) is 34.7 Å². The van der Waals surface area contributed by atoms with Gasteiger partial charge in [0.05, 0.1) is 22.6 Å². The molecule has 1 aromatic rings. The van der Waals surface area contributed by atoms with Crippen molar-refractivity contribution >= 4 is 24.2 Å². The summed E-state index contributed by atoms with van der Waals surface area (Å²) in [5.74, 6) is -0.699. The Morgan fingerprint density at radius 1 is 1.53 bits per heavy atom. The fraction of sp³-hybridized carbons (Fsp3) is 0.222. The number of esters is 1. The highest BCUT2D eigenvalue weighted by molar-refractivity contribution is 6.60. The zero-order valence-electron chi connectivity index (χ0n) is 8.99. The van der Waals surface area contributed by atoms with Crippen LogP contribution in [0.4, 0.5) is 5.69 Å². The molecule has 0 aliphatic heterocycles. The molecule has 2 N–H and O–H groups in total. The van der Waals surface area contributed by atoms with Gasteiger partial charge >= 0.3 is 13.1 Å². The Hall–Kier alpha value is -1.93. The molecule has 0 aromatic heterocycles. The molecule has 0 bridgehead atoms. The van der Waals surface area contributed by atoms with E-state index in [-0.39, 0.29) is 17.6 Å². The average Bonchev–Trinajstić information content (AvgIpc) is 2.28. The number of carbonyl (C=O) groups excluding carboxylic acids is 1. The van der Waals surface area contributed by atoms with E-state index >= 15 is 0 Å². The third-order valence-corrected chi connectivity index (χ3v) is 2.02. The largest absolute Gasteiger partial charge is 0.495 e. The third kappa shape index (κ3) is 3.02. The van der Waals surface area contributed by atoms with Crippen molar-refractivity contribution in [1.29, 1.82) is 0 Å². The van der Waals surface area contributed by atoms with Crippen LogP contribution in [0.15, 0.2) is 18.2 Å². The standard InChI is InChI=1S/C9H10BNO6/c1-2-17-9(12)6-3-4-7(10(13)14)8(5-6)11(15)16/h3-5,13-14H,2H2,1H3. The number of benzene rings is 1. The van der Waals surface area contributed by atoms with Crippen LogP contribution in [-0.2, 0) is 4.74 Å². The molecule has 0 heterocycles. The molecule has 0 amide bonds. The lowest BCUT2D eigenvalue weighted by atomic mass is 9.78. The van der Waals surface area contributed by atoms with Crippen LogP contribution in [0.1, 0.15) is 17.3 Å². The fourth-order valence-electron chi connectivity index (χ4n) is 1.26. The molecule has 0 spiro atoms. The molecule has 7 nitrogen and oxygen atoms in total. The van der Waals surface area contributed by atoms with Crippen LogP contribution >= 0.6 is 0 Å². The number of nitrogens with zero attached hydrogens (tertiary/aromatic N) is 1. The highest BCUT2D eigenvalue weighted by Crippen LogP contribution is 2.12. The minimum atomic E-state index is -1.97. The molecule has 0 radical (unpaired) electrons. The summed E-state index contributed by atoms with van der Waals surface area (Å²) in [4.78, 5) is 21.2. The Kier molecular flexibility index (Phi) is 4.19. The topological polar surface area (TPSA) is 110 Å². The molecule has 1 aromatic carbocycles. The number of hydrogen-bond donors (Lipinski definition) is 2. The fourth-order valence-corrected chi connectivity index (χ4v) is 1.26. The Balaban J connectivity index is 3.19. The summed E-state index contributed by atoms with van der Waals surface area (Å²) in [5, 5.41) is 28.5. The summed E-state index contributed by atoms with van der Waals surface area (Å²) in [5.41, 5.74) is -0.823. The molecular weight excluding hydrogens is 229 g/mol. The van der Waals surface area contributed by atoms with Crippen LogP contribution in [0.3, 0.4) is 0 Å². The lowest BCUT2D eigenvalue weighted by Crippen LogP contribution is -2.32. The second-order valence-corrected chi connectivity index (χ2v) is 3.12. The minimum Gasteiger partial charge on any atom is -0.462 e. The summed E-state index contributed by atoms with van der Waals surface area (Å²) in [7, 11) is -1.97. The smallest absolute Gasteiger partial charge is 0.462 e. The zero-order chi connectivity index (χ0) is 13.0. The van der Waals surface area contributed by atoms with Gasteiger partial charge in [-0.2, -0.15) is 0 Å². The van der Waals surface area contributed by atoms with Crippen LogP contribution in [0.2, 0.25) is 0 Å². The first-order valence-electron chi connectivity index (χ1n) is 4.79. The van der Waals surface area contributed by atoms with Crippen molar-refractivity contribution in [2.24, 2.45) is 0 Å². The number of carbonyl (C=O) groups is 1. The normalized spacial score (nSPS) is 9.82. The Labute approximate surface area is 96.9 Å². The van der Waals surface area contributed by atoms with Crippen LogP contribution in [0.25, 0.3) is 0 Å². The Morgan fingerprint density at radius 2 is 2.18 bits per heavy atom. The number of ether oxygens (including phenoxy) is 1. The molecule has 0 fully saturated rings. The summed E-state index contributed by atoms with van der Waals surface area (Å²) < 4.78 is 4.68. The summed E-state index contributed by atoms with van der Waals surface area (Å²) in [6, 6.07) is 3.29. The first-order chi connectivity index (χ1) is 7.97. The van der Waals surface area contributed by atoms with Gasteiger partial charge in [-0.15, -0.1) is 0 Å². The second kappa shape index (κ2) is 5.42. The first kappa shape index (κ1) is 13.1. The molecule has 0 atom stereocenters. The van der Waals surface area contributed by atoms with Crippen LogP contribution in [0, 0.1) is 10.1 Å². The number of nitro benzene ring substituents is 1. The van der Waals surface area contributed by atoms with Crippen molar-refractivity contribution < 1.29 is 24.5 Å². The first-order valence-corrected chi connectivity index (χ1v) is 4.79. The quantitative estimate of drug-likeness (QED) is 0.315. The van der Waals surface area contributed by atoms with Crippen molar-refractivity contribution in [2.75, 3.05) is 6.61 Å². The average molecular weight is 239 g/mol. The van der Waals surface area contributed by atoms with E-state index in [1.165, 1.54) is 6.07 Å². The van der Waals surface area contributed by atoms with Gasteiger partial charge in [0.2, 0.25) is 0 Å². The van der Waals surface area contributed by atoms with Crippen molar-refractivity contribution in [3.63, 3.8) is 0 Å². The molecule has 0 saturated carbocycles. The van der Waals surface area contributed by atoms with Crippen LogP contribution in [0.5, 0.6) is 0 Å². The molecule has 1 rings (SSSR count). The van der Waals surface area contributed by atoms with Crippen molar-refractivity contribution in [1.82, 2.24) is 0 Å². The number of rotatable bonds is 4. The zero-order valence-corrected chi connectivity index (χ0v) is 8.99. The van der Waals surface area contributed by atoms with Crippen molar-refractivity contribution in [3.05, 3.63) is 33.9 Å². The van der Waals surface area contributed by atoms with E-state index in [0.29, 0.717) is 0 Å². The molecular formula is C9H10BNO6. The minimum absolute atomic E-state index is 0.0112. The van der Waals surface area contributed by atoms with Gasteiger partial charge in [0, 0.05) is 6.07 Å². The van der Waals surface area contributed by atoms with Crippen molar-refractivity contribution in [2.45, 2.75) is 6.92 Å². The molecule has 17 heavy (non-hydrogen) atoms. The molecule has 0 saturated heterocycles. The summed E-state index contributed by atoms with van der Waals surface area (Å²) >= 11 is 0. The van der Waals surface area contributed by atoms with E-state index in [9.17, 15) is 14.9 Å². The van der Waals surface area contributed by atoms with E-state index in [2.05, 4.69) is 4.74 Å². The Bertz CT molecular complexity index is 447. The SMILES string of the molecule is CCOC(=O)c1ccc(B(O)O)c([N+](=O)[O-])c1. The van der Waals surface area contributed by atoms with Crippen LogP contribution < -0.4 is 5.46 Å². The highest BCUT2D eigenvalue weighted by Gasteiger charge is 2.25. The van der Waals surface area contributed by atoms with Gasteiger partial charge in [-0.05, 0) is 13.0 Å². The van der Waals surface area contributed by atoms with E-state index in [4.69, 9.17) is 10.0 Å². The van der Waals surface area contributed by atoms with Gasteiger partial charge in [-0.25, -0.2) is 4.79 Å². The van der Waals surface area contributed by atoms with Gasteiger partial charge in [-0.3, -0.25) is 10.1 Å². The maximum Gasteiger partial charge on any atom is 0.495 e. The number of hydrogen-bond acceptors (Lipinski definition) is 6. The predicted molar refractivity (Wildman–Crippen MR) is 58.9 cm³/mol. The number of nitro groups is 1. The summed E-state index contributed by atoms with van der Waals surface area (Å²) in [6.45, 7) is 1.76. The lowest BCUT2D eigenvalue weighted by molar-refractivity contribution is -0.383. The maximum absolute atomic E-state index is 11.3. The van der Waals surface area contributed by atoms with Gasteiger partial charge in [0.1, 0.15) is 0 Å². The van der Waals surface area contributed by atoms with Gasteiger partial charge in [0.15, 0.2) is 0 Å². The molecule has 0 unspecified atom stereocenters. The molecule has 90 valence electrons. The van der Waals surface area contributed by atoms with Gasteiger partial charge < -0.3 is 14.8 Å². The maximum atomic E-state index is 11.3. The third-order valence-electron chi connectivity index (χ3n) is 2.02. The van der Waals surface area contributed by atoms with E-state index < -0.39 is 23.7 Å². The molecule has 0 aliphatic carbocycles. The lowest BCUT2D eigenvalue weighted by Gasteiger charge is -2.04. The van der Waals surface area contributed by atoms with E-state index in [1.54, 1.807) is 6.92 Å². The second-order valence-electron chi connectivity index (χ2n) is 3.12. The summed E-state index contributed by atoms with van der Waals surface area (Å²) in [6.07, 6.45) is 0.